The van der Waals surface area contributed by atoms with Gasteiger partial charge in [-0.25, -0.2) is 4.79 Å². The highest BCUT2D eigenvalue weighted by Crippen LogP contribution is 2.33. The number of carboxylic acids is 1. The standard InChI is InChI=1S/C14H18N2O4S/c1-8-12(15-10-3-4-11(7-10)21-2)5-9(14(17)18)6-13(8)16(19)20/h5-6,10-11,15H,3-4,7H2,1-2H3,(H,17,18). The first-order valence-corrected chi connectivity index (χ1v) is 8.02. The first-order valence-electron chi connectivity index (χ1n) is 6.74. The Hall–Kier alpha value is -1.76. The van der Waals surface area contributed by atoms with E-state index in [2.05, 4.69) is 11.6 Å². The Morgan fingerprint density at radius 3 is 2.71 bits per heavy atom. The lowest BCUT2D eigenvalue weighted by Crippen LogP contribution is -2.17. The molecular formula is C14H18N2O4S. The SMILES string of the molecule is CSC1CCC(Nc2cc(C(=O)O)cc([N+](=O)[O-])c2C)C1. The first-order chi connectivity index (χ1) is 9.92. The van der Waals surface area contributed by atoms with Crippen molar-refractivity contribution in [2.24, 2.45) is 0 Å². The lowest BCUT2D eigenvalue weighted by molar-refractivity contribution is -0.385. The third-order valence-electron chi connectivity index (χ3n) is 3.90. The van der Waals surface area contributed by atoms with Crippen molar-refractivity contribution in [2.45, 2.75) is 37.5 Å². The molecule has 1 aromatic rings. The molecule has 1 aromatic carbocycles. The fourth-order valence-corrected chi connectivity index (χ4v) is 3.46. The van der Waals surface area contributed by atoms with E-state index in [1.165, 1.54) is 6.07 Å². The zero-order valence-corrected chi connectivity index (χ0v) is 12.8. The van der Waals surface area contributed by atoms with Gasteiger partial charge < -0.3 is 10.4 Å². The maximum absolute atomic E-state index is 11.1. The van der Waals surface area contributed by atoms with Gasteiger partial charge in [0.05, 0.1) is 10.5 Å². The van der Waals surface area contributed by atoms with E-state index in [0.717, 1.165) is 25.3 Å². The topological polar surface area (TPSA) is 92.5 Å². The molecule has 2 atom stereocenters. The molecule has 0 spiro atoms. The van der Waals surface area contributed by atoms with Gasteiger partial charge in [0.2, 0.25) is 0 Å². The predicted octanol–water partition coefficient (Wildman–Crippen LogP) is 3.30. The minimum absolute atomic E-state index is 0.0609. The van der Waals surface area contributed by atoms with Gasteiger partial charge in [-0.3, -0.25) is 10.1 Å². The minimum atomic E-state index is -1.16. The van der Waals surface area contributed by atoms with Crippen molar-refractivity contribution >= 4 is 29.1 Å². The average molecular weight is 310 g/mol. The highest BCUT2D eigenvalue weighted by molar-refractivity contribution is 7.99. The van der Waals surface area contributed by atoms with Crippen LogP contribution >= 0.6 is 11.8 Å². The van der Waals surface area contributed by atoms with E-state index in [1.54, 1.807) is 6.92 Å². The summed E-state index contributed by atoms with van der Waals surface area (Å²) in [6, 6.07) is 2.84. The summed E-state index contributed by atoms with van der Waals surface area (Å²) in [4.78, 5) is 21.7. The summed E-state index contributed by atoms with van der Waals surface area (Å²) >= 11 is 1.82. The van der Waals surface area contributed by atoms with Crippen molar-refractivity contribution in [3.8, 4) is 0 Å². The molecular weight excluding hydrogens is 292 g/mol. The van der Waals surface area contributed by atoms with Crippen LogP contribution in [-0.4, -0.2) is 33.5 Å². The smallest absolute Gasteiger partial charge is 0.336 e. The summed E-state index contributed by atoms with van der Waals surface area (Å²) in [6.45, 7) is 1.65. The number of carbonyl (C=O) groups is 1. The lowest BCUT2D eigenvalue weighted by atomic mass is 10.1. The van der Waals surface area contributed by atoms with Crippen molar-refractivity contribution in [2.75, 3.05) is 11.6 Å². The predicted molar refractivity (Wildman–Crippen MR) is 83.4 cm³/mol. The molecule has 0 saturated heterocycles. The summed E-state index contributed by atoms with van der Waals surface area (Å²) in [5.41, 5.74) is 0.817. The third-order valence-corrected chi connectivity index (χ3v) is 5.00. The van der Waals surface area contributed by atoms with Gasteiger partial charge in [-0.2, -0.15) is 11.8 Å². The van der Waals surface area contributed by atoms with Gasteiger partial charge in [0, 0.05) is 28.6 Å². The molecule has 0 amide bonds. The summed E-state index contributed by atoms with van der Waals surface area (Å²) < 4.78 is 0. The van der Waals surface area contributed by atoms with Crippen LogP contribution in [0.1, 0.15) is 35.2 Å². The minimum Gasteiger partial charge on any atom is -0.478 e. The molecule has 1 fully saturated rings. The quantitative estimate of drug-likeness (QED) is 0.640. The fraction of sp³-hybridized carbons (Fsp3) is 0.500. The molecule has 0 heterocycles. The van der Waals surface area contributed by atoms with Gasteiger partial charge in [0.15, 0.2) is 0 Å². The number of anilines is 1. The molecule has 2 unspecified atom stereocenters. The number of carboxylic acid groups (broad SMARTS) is 1. The van der Waals surface area contributed by atoms with E-state index in [1.807, 2.05) is 11.8 Å². The van der Waals surface area contributed by atoms with E-state index in [0.29, 0.717) is 16.5 Å². The number of nitro benzene ring substituents is 1. The van der Waals surface area contributed by atoms with E-state index in [4.69, 9.17) is 5.11 Å². The monoisotopic (exact) mass is 310 g/mol. The van der Waals surface area contributed by atoms with Gasteiger partial charge in [-0.15, -0.1) is 0 Å². The molecule has 21 heavy (non-hydrogen) atoms. The van der Waals surface area contributed by atoms with Crippen molar-refractivity contribution < 1.29 is 14.8 Å². The Labute approximate surface area is 127 Å². The summed E-state index contributed by atoms with van der Waals surface area (Å²) in [7, 11) is 0. The van der Waals surface area contributed by atoms with Gasteiger partial charge in [-0.1, -0.05) is 0 Å². The number of nitrogens with one attached hydrogen (secondary N) is 1. The maximum atomic E-state index is 11.1. The maximum Gasteiger partial charge on any atom is 0.336 e. The second-order valence-corrected chi connectivity index (χ2v) is 6.38. The molecule has 0 aromatic heterocycles. The molecule has 114 valence electrons. The van der Waals surface area contributed by atoms with Crippen LogP contribution in [-0.2, 0) is 0 Å². The fourth-order valence-electron chi connectivity index (χ4n) is 2.67. The number of rotatable bonds is 5. The van der Waals surface area contributed by atoms with Gasteiger partial charge >= 0.3 is 5.97 Å². The van der Waals surface area contributed by atoms with Crippen LogP contribution in [0, 0.1) is 17.0 Å². The van der Waals surface area contributed by atoms with Crippen LogP contribution in [0.3, 0.4) is 0 Å². The molecule has 2 N–H and O–H groups in total. The number of thioether (sulfide) groups is 1. The van der Waals surface area contributed by atoms with Gasteiger partial charge in [0.25, 0.3) is 5.69 Å². The average Bonchev–Trinajstić information content (AvgIpc) is 2.88. The van der Waals surface area contributed by atoms with Crippen LogP contribution in [0.25, 0.3) is 0 Å². The second-order valence-electron chi connectivity index (χ2n) is 5.24. The number of hydrogen-bond donors (Lipinski definition) is 2. The zero-order chi connectivity index (χ0) is 15.6. The summed E-state index contributed by atoms with van der Waals surface area (Å²) in [5.74, 6) is -1.16. The van der Waals surface area contributed by atoms with Gasteiger partial charge in [0.1, 0.15) is 0 Å². The summed E-state index contributed by atoms with van der Waals surface area (Å²) in [5, 5.41) is 24.0. The van der Waals surface area contributed by atoms with Crippen molar-refractivity contribution in [3.63, 3.8) is 0 Å². The Morgan fingerprint density at radius 2 is 2.19 bits per heavy atom. The van der Waals surface area contributed by atoms with E-state index >= 15 is 0 Å². The van der Waals surface area contributed by atoms with Crippen LogP contribution in [0.5, 0.6) is 0 Å². The Bertz CT molecular complexity index is 576. The molecule has 0 radical (unpaired) electrons. The van der Waals surface area contributed by atoms with E-state index < -0.39 is 10.9 Å². The molecule has 1 saturated carbocycles. The normalized spacial score (nSPS) is 21.2. The van der Waals surface area contributed by atoms with Crippen molar-refractivity contribution in [1.29, 1.82) is 0 Å². The molecule has 2 rings (SSSR count). The highest BCUT2D eigenvalue weighted by Gasteiger charge is 2.26. The largest absolute Gasteiger partial charge is 0.478 e. The Balaban J connectivity index is 2.29. The molecule has 0 bridgehead atoms. The van der Waals surface area contributed by atoms with Crippen LogP contribution in [0.15, 0.2) is 12.1 Å². The number of hydrogen-bond acceptors (Lipinski definition) is 5. The molecule has 1 aliphatic carbocycles. The number of aromatic carboxylic acids is 1. The zero-order valence-electron chi connectivity index (χ0n) is 12.0. The molecule has 6 nitrogen and oxygen atoms in total. The molecule has 0 aliphatic heterocycles. The second kappa shape index (κ2) is 6.34. The highest BCUT2D eigenvalue weighted by atomic mass is 32.2. The molecule has 7 heteroatoms. The Kier molecular flexibility index (Phi) is 4.72. The lowest BCUT2D eigenvalue weighted by Gasteiger charge is -2.17. The van der Waals surface area contributed by atoms with E-state index in [9.17, 15) is 14.9 Å². The molecule has 1 aliphatic rings. The third kappa shape index (κ3) is 3.47. The van der Waals surface area contributed by atoms with Crippen LogP contribution < -0.4 is 5.32 Å². The number of benzene rings is 1. The van der Waals surface area contributed by atoms with Gasteiger partial charge in [-0.05, 0) is 38.5 Å². The Morgan fingerprint density at radius 1 is 1.48 bits per heavy atom. The first kappa shape index (κ1) is 15.6. The number of nitrogens with zero attached hydrogens (tertiary/aromatic N) is 1. The van der Waals surface area contributed by atoms with E-state index in [-0.39, 0.29) is 17.3 Å². The van der Waals surface area contributed by atoms with Crippen LogP contribution in [0.4, 0.5) is 11.4 Å². The summed E-state index contributed by atoms with van der Waals surface area (Å²) in [6.07, 6.45) is 5.18. The van der Waals surface area contributed by atoms with Crippen molar-refractivity contribution in [3.05, 3.63) is 33.4 Å². The van der Waals surface area contributed by atoms with Crippen molar-refractivity contribution in [1.82, 2.24) is 0 Å². The number of nitro groups is 1. The van der Waals surface area contributed by atoms with Crippen LogP contribution in [0.2, 0.25) is 0 Å².